The van der Waals surface area contributed by atoms with Crippen LogP contribution < -0.4 is 5.32 Å². The number of halogens is 1. The van der Waals surface area contributed by atoms with E-state index < -0.39 is 5.72 Å². The topological polar surface area (TPSA) is 53.9 Å². The van der Waals surface area contributed by atoms with Crippen molar-refractivity contribution in [3.63, 3.8) is 0 Å². The lowest BCUT2D eigenvalue weighted by molar-refractivity contribution is -0.166. The van der Waals surface area contributed by atoms with Crippen molar-refractivity contribution >= 4 is 11.7 Å². The first-order valence-corrected chi connectivity index (χ1v) is 8.55. The summed E-state index contributed by atoms with van der Waals surface area (Å²) in [7, 11) is 1.66. The van der Waals surface area contributed by atoms with Gasteiger partial charge in [0.25, 0.3) is 0 Å². The van der Waals surface area contributed by atoms with E-state index in [4.69, 9.17) is 4.84 Å². The van der Waals surface area contributed by atoms with Gasteiger partial charge in [-0.1, -0.05) is 42.5 Å². The predicted octanol–water partition coefficient (Wildman–Crippen LogP) is 2.91. The largest absolute Gasteiger partial charge is 0.356 e. The van der Waals surface area contributed by atoms with Gasteiger partial charge in [0.05, 0.1) is 12.0 Å². The highest BCUT2D eigenvalue weighted by Crippen LogP contribution is 2.28. The number of amidine groups is 1. The van der Waals surface area contributed by atoms with E-state index in [1.54, 1.807) is 32.2 Å². The van der Waals surface area contributed by atoms with Crippen LogP contribution in [0.25, 0.3) is 0 Å². The quantitative estimate of drug-likeness (QED) is 0.867. The molecule has 0 saturated carbocycles. The number of amides is 1. The van der Waals surface area contributed by atoms with Gasteiger partial charge >= 0.3 is 0 Å². The lowest BCUT2D eigenvalue weighted by atomic mass is 10.1. The Balaban J connectivity index is 1.60. The summed E-state index contributed by atoms with van der Waals surface area (Å²) >= 11 is 0. The van der Waals surface area contributed by atoms with Crippen molar-refractivity contribution < 1.29 is 14.0 Å². The highest BCUT2D eigenvalue weighted by Gasteiger charge is 2.38. The van der Waals surface area contributed by atoms with Crippen molar-refractivity contribution in [2.45, 2.75) is 25.5 Å². The Bertz CT molecular complexity index is 810. The van der Waals surface area contributed by atoms with Crippen LogP contribution in [0, 0.1) is 5.82 Å². The van der Waals surface area contributed by atoms with Gasteiger partial charge in [-0.3, -0.25) is 4.79 Å². The van der Waals surface area contributed by atoms with Crippen LogP contribution in [-0.2, 0) is 16.1 Å². The smallest absolute Gasteiger partial charge is 0.225 e. The summed E-state index contributed by atoms with van der Waals surface area (Å²) in [6.45, 7) is 2.26. The third-order valence-electron chi connectivity index (χ3n) is 4.16. The van der Waals surface area contributed by atoms with Crippen molar-refractivity contribution in [2.75, 3.05) is 13.6 Å². The maximum atomic E-state index is 14.0. The molecule has 1 unspecified atom stereocenters. The number of rotatable bonds is 6. The number of hydrogen-bond donors (Lipinski definition) is 1. The molecule has 5 nitrogen and oxygen atoms in total. The van der Waals surface area contributed by atoms with Gasteiger partial charge < -0.3 is 5.32 Å². The van der Waals surface area contributed by atoms with E-state index >= 15 is 0 Å². The molecule has 2 aromatic carbocycles. The van der Waals surface area contributed by atoms with Crippen LogP contribution in [0.1, 0.15) is 24.5 Å². The SMILES string of the molecule is CN1OC(C)(CC(=O)NCCc2ccccc2)N=C1c1ccccc1F. The number of benzene rings is 2. The van der Waals surface area contributed by atoms with Crippen molar-refractivity contribution in [1.82, 2.24) is 10.4 Å². The molecule has 3 rings (SSSR count). The van der Waals surface area contributed by atoms with Gasteiger partial charge in [0.2, 0.25) is 5.91 Å². The van der Waals surface area contributed by atoms with Crippen LogP contribution in [0.3, 0.4) is 0 Å². The van der Waals surface area contributed by atoms with Crippen molar-refractivity contribution in [3.8, 4) is 0 Å². The minimum absolute atomic E-state index is 0.0596. The summed E-state index contributed by atoms with van der Waals surface area (Å²) in [6, 6.07) is 16.3. The molecule has 0 saturated heterocycles. The first-order valence-electron chi connectivity index (χ1n) is 8.55. The number of nitrogens with one attached hydrogen (secondary N) is 1. The zero-order valence-corrected chi connectivity index (χ0v) is 14.9. The molecule has 136 valence electrons. The van der Waals surface area contributed by atoms with E-state index in [0.29, 0.717) is 17.9 Å². The van der Waals surface area contributed by atoms with Gasteiger partial charge in [0, 0.05) is 13.6 Å². The number of carbonyl (C=O) groups is 1. The van der Waals surface area contributed by atoms with Crippen LogP contribution in [0.4, 0.5) is 4.39 Å². The minimum atomic E-state index is -1.05. The van der Waals surface area contributed by atoms with Gasteiger partial charge in [-0.25, -0.2) is 19.3 Å². The van der Waals surface area contributed by atoms with Crippen LogP contribution in [0.5, 0.6) is 0 Å². The third-order valence-corrected chi connectivity index (χ3v) is 4.16. The lowest BCUT2D eigenvalue weighted by Gasteiger charge is -2.21. The molecule has 0 radical (unpaired) electrons. The van der Waals surface area contributed by atoms with Gasteiger partial charge in [-0.05, 0) is 31.0 Å². The van der Waals surface area contributed by atoms with E-state index in [9.17, 15) is 9.18 Å². The molecule has 0 spiro atoms. The number of hydrogen-bond acceptors (Lipinski definition) is 4. The molecule has 26 heavy (non-hydrogen) atoms. The molecule has 1 aliphatic rings. The fourth-order valence-corrected chi connectivity index (χ4v) is 2.95. The van der Waals surface area contributed by atoms with Crippen LogP contribution in [-0.4, -0.2) is 36.1 Å². The summed E-state index contributed by atoms with van der Waals surface area (Å²) < 4.78 is 14.0. The van der Waals surface area contributed by atoms with E-state index in [-0.39, 0.29) is 18.1 Å². The molecule has 0 aromatic heterocycles. The van der Waals surface area contributed by atoms with E-state index in [2.05, 4.69) is 10.3 Å². The number of carbonyl (C=O) groups excluding carboxylic acids is 1. The van der Waals surface area contributed by atoms with E-state index in [1.807, 2.05) is 30.3 Å². The molecule has 6 heteroatoms. The summed E-state index contributed by atoms with van der Waals surface area (Å²) in [6.07, 6.45) is 0.817. The molecule has 0 fully saturated rings. The second kappa shape index (κ2) is 7.66. The third kappa shape index (κ3) is 4.26. The Labute approximate surface area is 152 Å². The van der Waals surface area contributed by atoms with E-state index in [0.717, 1.165) is 12.0 Å². The van der Waals surface area contributed by atoms with Gasteiger partial charge in [-0.15, -0.1) is 0 Å². The molecule has 1 heterocycles. The molecule has 1 N–H and O–H groups in total. The Hall–Kier alpha value is -2.73. The Morgan fingerprint density at radius 2 is 1.88 bits per heavy atom. The van der Waals surface area contributed by atoms with Gasteiger partial charge in [-0.2, -0.15) is 0 Å². The fourth-order valence-electron chi connectivity index (χ4n) is 2.95. The standard InChI is InChI=1S/C20H22FN3O2/c1-20(14-18(25)22-13-12-15-8-4-3-5-9-15)23-19(24(2)26-20)16-10-6-7-11-17(16)21/h3-11H,12-14H2,1-2H3,(H,22,25). The summed E-state index contributed by atoms with van der Waals surface area (Å²) in [4.78, 5) is 22.4. The molecular formula is C20H22FN3O2. The normalized spacial score (nSPS) is 19.3. The molecule has 1 atom stereocenters. The number of nitrogens with zero attached hydrogens (tertiary/aromatic N) is 2. The van der Waals surface area contributed by atoms with Crippen LogP contribution in [0.15, 0.2) is 59.6 Å². The predicted molar refractivity (Wildman–Crippen MR) is 98.0 cm³/mol. The highest BCUT2D eigenvalue weighted by molar-refractivity contribution is 5.99. The second-order valence-corrected chi connectivity index (χ2v) is 6.44. The number of hydroxylamine groups is 2. The maximum Gasteiger partial charge on any atom is 0.225 e. The Kier molecular flexibility index (Phi) is 5.32. The first-order chi connectivity index (χ1) is 12.5. The Morgan fingerprint density at radius 1 is 1.19 bits per heavy atom. The lowest BCUT2D eigenvalue weighted by Crippen LogP contribution is -2.36. The monoisotopic (exact) mass is 355 g/mol. The zero-order chi connectivity index (χ0) is 18.6. The van der Waals surface area contributed by atoms with Crippen molar-refractivity contribution in [2.24, 2.45) is 4.99 Å². The summed E-state index contributed by atoms with van der Waals surface area (Å²) in [5, 5.41) is 4.30. The second-order valence-electron chi connectivity index (χ2n) is 6.44. The molecule has 0 bridgehead atoms. The minimum Gasteiger partial charge on any atom is -0.356 e. The maximum absolute atomic E-state index is 14.0. The van der Waals surface area contributed by atoms with Crippen LogP contribution in [0.2, 0.25) is 0 Å². The number of aliphatic imine (C=N–C) groups is 1. The van der Waals surface area contributed by atoms with Crippen molar-refractivity contribution in [3.05, 3.63) is 71.5 Å². The summed E-state index contributed by atoms with van der Waals surface area (Å²) in [5.74, 6) is -0.156. The van der Waals surface area contributed by atoms with Crippen molar-refractivity contribution in [1.29, 1.82) is 0 Å². The molecule has 1 amide bonds. The first kappa shape index (κ1) is 18.1. The van der Waals surface area contributed by atoms with Gasteiger partial charge in [0.1, 0.15) is 5.82 Å². The van der Waals surface area contributed by atoms with E-state index in [1.165, 1.54) is 11.1 Å². The van der Waals surface area contributed by atoms with Crippen LogP contribution >= 0.6 is 0 Å². The average Bonchev–Trinajstić information content (AvgIpc) is 2.90. The summed E-state index contributed by atoms with van der Waals surface area (Å²) in [5.41, 5.74) is 0.461. The molecule has 2 aromatic rings. The van der Waals surface area contributed by atoms with Gasteiger partial charge in [0.15, 0.2) is 11.6 Å². The molecule has 0 aliphatic carbocycles. The molecular weight excluding hydrogens is 333 g/mol. The zero-order valence-electron chi connectivity index (χ0n) is 14.9. The highest BCUT2D eigenvalue weighted by atomic mass is 19.1. The average molecular weight is 355 g/mol. The molecule has 1 aliphatic heterocycles. The Morgan fingerprint density at radius 3 is 2.62 bits per heavy atom. The fraction of sp³-hybridized carbons (Fsp3) is 0.300.